The van der Waals surface area contributed by atoms with Gasteiger partial charge in [0.2, 0.25) is 5.91 Å². The maximum Gasteiger partial charge on any atom is 0.339 e. The van der Waals surface area contributed by atoms with Gasteiger partial charge < -0.3 is 10.1 Å². The van der Waals surface area contributed by atoms with Gasteiger partial charge in [0.05, 0.1) is 17.7 Å². The summed E-state index contributed by atoms with van der Waals surface area (Å²) in [6.07, 6.45) is 0.854. The number of halogens is 1. The predicted octanol–water partition coefficient (Wildman–Crippen LogP) is 1.58. The summed E-state index contributed by atoms with van der Waals surface area (Å²) < 4.78 is 31.4. The molecule has 10 heteroatoms. The quantitative estimate of drug-likeness (QED) is 0.753. The molecule has 0 spiro atoms. The molecule has 1 aliphatic rings. The first-order valence-corrected chi connectivity index (χ1v) is 9.80. The molecule has 1 aliphatic heterocycles. The van der Waals surface area contributed by atoms with E-state index in [4.69, 9.17) is 11.6 Å². The van der Waals surface area contributed by atoms with E-state index in [9.17, 15) is 18.0 Å². The highest BCUT2D eigenvalue weighted by Crippen LogP contribution is 2.25. The fourth-order valence-electron chi connectivity index (χ4n) is 2.69. The molecule has 26 heavy (non-hydrogen) atoms. The predicted molar refractivity (Wildman–Crippen MR) is 98.3 cm³/mol. The molecule has 1 N–H and O–H groups in total. The molecule has 0 atom stereocenters. The van der Waals surface area contributed by atoms with Gasteiger partial charge in [-0.1, -0.05) is 11.6 Å². The van der Waals surface area contributed by atoms with Crippen LogP contribution in [0.5, 0.6) is 0 Å². The number of hydrogen-bond acceptors (Lipinski definition) is 5. The summed E-state index contributed by atoms with van der Waals surface area (Å²) in [6.45, 7) is 0.569. The highest BCUT2D eigenvalue weighted by Gasteiger charge is 2.32. The minimum atomic E-state index is -3.46. The number of methoxy groups -OCH3 is 1. The van der Waals surface area contributed by atoms with Crippen molar-refractivity contribution in [1.29, 1.82) is 0 Å². The number of carbonyl (C=O) groups is 2. The molecule has 1 saturated heterocycles. The van der Waals surface area contributed by atoms with Crippen LogP contribution in [0.25, 0.3) is 0 Å². The van der Waals surface area contributed by atoms with Crippen LogP contribution in [0.15, 0.2) is 18.2 Å². The smallest absolute Gasteiger partial charge is 0.339 e. The molecule has 144 valence electrons. The van der Waals surface area contributed by atoms with E-state index in [1.807, 2.05) is 0 Å². The van der Waals surface area contributed by atoms with E-state index >= 15 is 0 Å². The van der Waals surface area contributed by atoms with Gasteiger partial charge in [-0.15, -0.1) is 0 Å². The molecular formula is C16H22ClN3O5S. The highest BCUT2D eigenvalue weighted by atomic mass is 35.5. The van der Waals surface area contributed by atoms with Crippen molar-refractivity contribution in [3.05, 3.63) is 28.8 Å². The number of anilines is 1. The second-order valence-corrected chi connectivity index (χ2v) is 8.69. The van der Waals surface area contributed by atoms with Gasteiger partial charge in [-0.2, -0.15) is 17.0 Å². The average Bonchev–Trinajstić information content (AvgIpc) is 2.62. The van der Waals surface area contributed by atoms with Crippen LogP contribution < -0.4 is 5.32 Å². The monoisotopic (exact) mass is 403 g/mol. The number of carbonyl (C=O) groups excluding carboxylic acids is 2. The van der Waals surface area contributed by atoms with Crippen molar-refractivity contribution in [2.24, 2.45) is 5.92 Å². The normalized spacial score (nSPS) is 16.5. The molecule has 0 aliphatic carbocycles. The highest BCUT2D eigenvalue weighted by molar-refractivity contribution is 7.86. The molecule has 1 amide bonds. The Morgan fingerprint density at radius 2 is 1.88 bits per heavy atom. The molecule has 1 heterocycles. The Morgan fingerprint density at radius 1 is 1.27 bits per heavy atom. The Kier molecular flexibility index (Phi) is 6.62. The van der Waals surface area contributed by atoms with Crippen LogP contribution in [0.4, 0.5) is 5.69 Å². The van der Waals surface area contributed by atoms with Gasteiger partial charge in [-0.3, -0.25) is 4.79 Å². The van der Waals surface area contributed by atoms with Crippen LogP contribution in [0.3, 0.4) is 0 Å². The fourth-order valence-corrected chi connectivity index (χ4v) is 4.02. The Balaban J connectivity index is 2.01. The molecule has 1 aromatic carbocycles. The van der Waals surface area contributed by atoms with Gasteiger partial charge in [-0.25, -0.2) is 4.79 Å². The number of nitrogens with zero attached hydrogens (tertiary/aromatic N) is 2. The van der Waals surface area contributed by atoms with E-state index in [0.29, 0.717) is 18.5 Å². The van der Waals surface area contributed by atoms with Gasteiger partial charge in [0.25, 0.3) is 10.2 Å². The zero-order valence-electron chi connectivity index (χ0n) is 14.9. The van der Waals surface area contributed by atoms with Crippen molar-refractivity contribution in [2.75, 3.05) is 39.6 Å². The van der Waals surface area contributed by atoms with E-state index < -0.39 is 16.2 Å². The van der Waals surface area contributed by atoms with Crippen molar-refractivity contribution in [1.82, 2.24) is 8.61 Å². The molecule has 0 bridgehead atoms. The van der Waals surface area contributed by atoms with Gasteiger partial charge in [0.1, 0.15) is 0 Å². The lowest BCUT2D eigenvalue weighted by atomic mass is 9.97. The van der Waals surface area contributed by atoms with Crippen molar-refractivity contribution in [3.63, 3.8) is 0 Å². The Morgan fingerprint density at radius 3 is 2.42 bits per heavy atom. The molecule has 1 aromatic rings. The summed E-state index contributed by atoms with van der Waals surface area (Å²) in [5, 5.41) is 2.98. The lowest BCUT2D eigenvalue weighted by molar-refractivity contribution is -0.120. The number of amides is 1. The Labute approximate surface area is 158 Å². The minimum absolute atomic E-state index is 0.166. The third-order valence-electron chi connectivity index (χ3n) is 4.25. The molecule has 2 rings (SSSR count). The number of rotatable bonds is 5. The number of ether oxygens (including phenoxy) is 1. The van der Waals surface area contributed by atoms with Crippen molar-refractivity contribution in [2.45, 2.75) is 12.8 Å². The van der Waals surface area contributed by atoms with E-state index in [2.05, 4.69) is 10.1 Å². The van der Waals surface area contributed by atoms with Crippen LogP contribution >= 0.6 is 11.6 Å². The third-order valence-corrected chi connectivity index (χ3v) is 6.52. The zero-order valence-corrected chi connectivity index (χ0v) is 16.4. The zero-order chi connectivity index (χ0) is 19.5. The standard InChI is InChI=1S/C16H22ClN3O5S/c1-19(2)26(23,24)20-8-6-11(7-9-20)15(21)18-12-4-5-14(17)13(10-12)16(22)25-3/h4-5,10-11H,6-9H2,1-3H3,(H,18,21). The molecule has 0 saturated carbocycles. The number of piperidine rings is 1. The third kappa shape index (κ3) is 4.53. The van der Waals surface area contributed by atoms with Crippen LogP contribution in [-0.2, 0) is 19.7 Å². The summed E-state index contributed by atoms with van der Waals surface area (Å²) in [5.41, 5.74) is 0.599. The van der Waals surface area contributed by atoms with Gasteiger partial charge >= 0.3 is 5.97 Å². The number of nitrogens with one attached hydrogen (secondary N) is 1. The molecule has 0 aromatic heterocycles. The van der Waals surface area contributed by atoms with E-state index in [1.165, 1.54) is 37.6 Å². The maximum absolute atomic E-state index is 12.5. The first-order chi connectivity index (χ1) is 12.2. The van der Waals surface area contributed by atoms with Crippen LogP contribution in [0.1, 0.15) is 23.2 Å². The molecular weight excluding hydrogens is 382 g/mol. The van der Waals surface area contributed by atoms with Gasteiger partial charge in [0, 0.05) is 38.8 Å². The van der Waals surface area contributed by atoms with Crippen LogP contribution in [0.2, 0.25) is 5.02 Å². The van der Waals surface area contributed by atoms with Gasteiger partial charge in [-0.05, 0) is 31.0 Å². The molecule has 0 radical (unpaired) electrons. The first-order valence-electron chi connectivity index (χ1n) is 8.03. The second kappa shape index (κ2) is 8.34. The summed E-state index contributed by atoms with van der Waals surface area (Å²) in [5.74, 6) is -1.11. The molecule has 8 nitrogen and oxygen atoms in total. The number of benzene rings is 1. The van der Waals surface area contributed by atoms with Crippen molar-refractivity contribution in [3.8, 4) is 0 Å². The average molecular weight is 404 g/mol. The first kappa shape index (κ1) is 20.6. The summed E-state index contributed by atoms with van der Waals surface area (Å²) in [6, 6.07) is 4.56. The molecule has 0 unspecified atom stereocenters. The summed E-state index contributed by atoms with van der Waals surface area (Å²) in [7, 11) is 0.747. The largest absolute Gasteiger partial charge is 0.465 e. The molecule has 1 fully saturated rings. The Bertz CT molecular complexity index is 789. The lowest BCUT2D eigenvalue weighted by Gasteiger charge is -2.32. The summed E-state index contributed by atoms with van der Waals surface area (Å²) in [4.78, 5) is 24.1. The van der Waals surface area contributed by atoms with Crippen LogP contribution in [0, 0.1) is 5.92 Å². The SMILES string of the molecule is COC(=O)c1cc(NC(=O)C2CCN(S(=O)(=O)N(C)C)CC2)ccc1Cl. The van der Waals surface area contributed by atoms with E-state index in [-0.39, 0.29) is 35.5 Å². The minimum Gasteiger partial charge on any atom is -0.465 e. The summed E-state index contributed by atoms with van der Waals surface area (Å²) >= 11 is 5.96. The van der Waals surface area contributed by atoms with E-state index in [1.54, 1.807) is 6.07 Å². The van der Waals surface area contributed by atoms with Crippen molar-refractivity contribution < 1.29 is 22.7 Å². The second-order valence-electron chi connectivity index (χ2n) is 6.14. The number of hydrogen-bond donors (Lipinski definition) is 1. The van der Waals surface area contributed by atoms with Crippen LogP contribution in [-0.4, -0.2) is 63.2 Å². The van der Waals surface area contributed by atoms with E-state index in [0.717, 1.165) is 4.31 Å². The fraction of sp³-hybridized carbons (Fsp3) is 0.500. The number of esters is 1. The lowest BCUT2D eigenvalue weighted by Crippen LogP contribution is -2.46. The topological polar surface area (TPSA) is 96.0 Å². The Hall–Kier alpha value is -1.68. The van der Waals surface area contributed by atoms with Crippen molar-refractivity contribution >= 4 is 39.4 Å². The maximum atomic E-state index is 12.5. The van der Waals surface area contributed by atoms with Gasteiger partial charge in [0.15, 0.2) is 0 Å².